The van der Waals surface area contributed by atoms with Crippen LogP contribution < -0.4 is 10.1 Å². The van der Waals surface area contributed by atoms with Crippen molar-refractivity contribution in [1.82, 2.24) is 10.2 Å². The zero-order chi connectivity index (χ0) is 19.9. The molecule has 0 spiro atoms. The Labute approximate surface area is 168 Å². The third-order valence-electron chi connectivity index (χ3n) is 5.66. The Morgan fingerprint density at radius 1 is 1.04 bits per heavy atom. The van der Waals surface area contributed by atoms with Crippen molar-refractivity contribution in [3.63, 3.8) is 0 Å². The Bertz CT molecular complexity index is 795. The molecule has 1 amide bonds. The first kappa shape index (κ1) is 20.4. The number of nitrogens with zero attached hydrogens (tertiary/aromatic N) is 1. The summed E-state index contributed by atoms with van der Waals surface area (Å²) in [4.78, 5) is 14.5. The van der Waals surface area contributed by atoms with Crippen molar-refractivity contribution in [2.45, 2.75) is 46.1 Å². The summed E-state index contributed by atoms with van der Waals surface area (Å²) in [6.07, 6.45) is 3.04. The van der Waals surface area contributed by atoms with Gasteiger partial charge in [0.1, 0.15) is 11.9 Å². The maximum Gasteiger partial charge on any atom is 0.234 e. The highest BCUT2D eigenvalue weighted by atomic mass is 16.5. The quantitative estimate of drug-likeness (QED) is 0.794. The summed E-state index contributed by atoms with van der Waals surface area (Å²) in [6, 6.07) is 14.6. The van der Waals surface area contributed by atoms with E-state index in [9.17, 15) is 4.79 Å². The van der Waals surface area contributed by atoms with Crippen molar-refractivity contribution >= 4 is 5.91 Å². The Balaban J connectivity index is 1.36. The van der Waals surface area contributed by atoms with Gasteiger partial charge in [-0.15, -0.1) is 0 Å². The maximum absolute atomic E-state index is 12.2. The molecule has 0 aliphatic carbocycles. The number of piperidine rings is 1. The number of nitrogens with one attached hydrogen (secondary N) is 1. The molecule has 1 fully saturated rings. The number of likely N-dealkylation sites (tertiary alicyclic amines) is 1. The van der Waals surface area contributed by atoms with Crippen LogP contribution in [-0.4, -0.2) is 43.1 Å². The van der Waals surface area contributed by atoms with Crippen LogP contribution in [0, 0.1) is 20.8 Å². The normalized spacial score (nSPS) is 15.4. The van der Waals surface area contributed by atoms with Crippen LogP contribution in [0.1, 0.15) is 35.1 Å². The standard InChI is InChI=1S/C24H32N2O2/c1-18-8-9-23(16-20(18)3)28-22-11-14-26(15-12-22)17-24(27)25-13-10-21-7-5-4-6-19(21)2/h4-9,16,22H,10-15,17H2,1-3H3,(H,25,27). The molecule has 1 saturated heterocycles. The van der Waals surface area contributed by atoms with E-state index in [1.807, 2.05) is 12.1 Å². The molecule has 4 heteroatoms. The SMILES string of the molecule is Cc1ccc(OC2CCN(CC(=O)NCCc3ccccc3C)CC2)cc1C. The molecule has 1 N–H and O–H groups in total. The van der Waals surface area contributed by atoms with Gasteiger partial charge in [-0.1, -0.05) is 30.3 Å². The van der Waals surface area contributed by atoms with Crippen molar-refractivity contribution in [3.05, 3.63) is 64.7 Å². The average Bonchev–Trinajstić information content (AvgIpc) is 2.68. The number of rotatable bonds is 7. The molecule has 0 radical (unpaired) electrons. The summed E-state index contributed by atoms with van der Waals surface area (Å²) in [5, 5.41) is 3.06. The molecular formula is C24H32N2O2. The highest BCUT2D eigenvalue weighted by Gasteiger charge is 2.22. The Kier molecular flexibility index (Phi) is 7.10. The molecule has 1 heterocycles. The van der Waals surface area contributed by atoms with Crippen LogP contribution in [0.15, 0.2) is 42.5 Å². The van der Waals surface area contributed by atoms with Crippen LogP contribution in [0.25, 0.3) is 0 Å². The number of hydrogen-bond donors (Lipinski definition) is 1. The minimum atomic E-state index is 0.113. The van der Waals surface area contributed by atoms with E-state index in [0.717, 1.165) is 38.1 Å². The van der Waals surface area contributed by atoms with Gasteiger partial charge in [0.2, 0.25) is 5.91 Å². The van der Waals surface area contributed by atoms with Crippen LogP contribution >= 0.6 is 0 Å². The van der Waals surface area contributed by atoms with Gasteiger partial charge in [0.25, 0.3) is 0 Å². The molecule has 150 valence electrons. The largest absolute Gasteiger partial charge is 0.490 e. The fraction of sp³-hybridized carbons (Fsp3) is 0.458. The minimum absolute atomic E-state index is 0.113. The summed E-state index contributed by atoms with van der Waals surface area (Å²) in [7, 11) is 0. The molecule has 0 aromatic heterocycles. The monoisotopic (exact) mass is 380 g/mol. The topological polar surface area (TPSA) is 41.6 Å². The lowest BCUT2D eigenvalue weighted by molar-refractivity contribution is -0.122. The van der Waals surface area contributed by atoms with Crippen molar-refractivity contribution in [1.29, 1.82) is 0 Å². The van der Waals surface area contributed by atoms with Crippen molar-refractivity contribution in [2.75, 3.05) is 26.2 Å². The average molecular weight is 381 g/mol. The fourth-order valence-electron chi connectivity index (χ4n) is 3.65. The fourth-order valence-corrected chi connectivity index (χ4v) is 3.65. The van der Waals surface area contributed by atoms with Crippen molar-refractivity contribution in [3.8, 4) is 5.75 Å². The summed E-state index contributed by atoms with van der Waals surface area (Å²) in [6.45, 7) is 9.31. The predicted molar refractivity (Wildman–Crippen MR) is 114 cm³/mol. The van der Waals surface area contributed by atoms with Crippen LogP contribution in [0.4, 0.5) is 0 Å². The number of carbonyl (C=O) groups is 1. The molecule has 0 unspecified atom stereocenters. The second-order valence-electron chi connectivity index (χ2n) is 7.87. The number of aryl methyl sites for hydroxylation is 3. The lowest BCUT2D eigenvalue weighted by Crippen LogP contribution is -2.44. The summed E-state index contributed by atoms with van der Waals surface area (Å²) < 4.78 is 6.14. The molecule has 0 saturated carbocycles. The van der Waals surface area contributed by atoms with Gasteiger partial charge in [-0.25, -0.2) is 0 Å². The first-order valence-corrected chi connectivity index (χ1v) is 10.3. The molecule has 3 rings (SSSR count). The highest BCUT2D eigenvalue weighted by Crippen LogP contribution is 2.21. The number of hydrogen-bond acceptors (Lipinski definition) is 3. The van der Waals surface area contributed by atoms with Gasteiger partial charge < -0.3 is 10.1 Å². The number of benzene rings is 2. The van der Waals surface area contributed by atoms with E-state index in [0.29, 0.717) is 13.1 Å². The minimum Gasteiger partial charge on any atom is -0.490 e. The summed E-state index contributed by atoms with van der Waals surface area (Å²) >= 11 is 0. The molecule has 0 atom stereocenters. The lowest BCUT2D eigenvalue weighted by Gasteiger charge is -2.31. The first-order valence-electron chi connectivity index (χ1n) is 10.3. The van der Waals surface area contributed by atoms with Crippen molar-refractivity contribution < 1.29 is 9.53 Å². The molecule has 1 aliphatic heterocycles. The Morgan fingerprint density at radius 2 is 1.79 bits per heavy atom. The summed E-state index contributed by atoms with van der Waals surface area (Å²) in [5.41, 5.74) is 5.13. The number of amides is 1. The molecule has 0 bridgehead atoms. The van der Waals surface area contributed by atoms with E-state index >= 15 is 0 Å². The molecular weight excluding hydrogens is 348 g/mol. The summed E-state index contributed by atoms with van der Waals surface area (Å²) in [5.74, 6) is 1.07. The molecule has 2 aromatic rings. The van der Waals surface area contributed by atoms with Gasteiger partial charge in [0.05, 0.1) is 6.54 Å². The second kappa shape index (κ2) is 9.74. The third-order valence-corrected chi connectivity index (χ3v) is 5.66. The predicted octanol–water partition coefficient (Wildman–Crippen LogP) is 3.81. The second-order valence-corrected chi connectivity index (χ2v) is 7.87. The van der Waals surface area contributed by atoms with Gasteiger partial charge in [-0.2, -0.15) is 0 Å². The molecule has 4 nitrogen and oxygen atoms in total. The molecule has 2 aromatic carbocycles. The Morgan fingerprint density at radius 3 is 2.50 bits per heavy atom. The van der Waals surface area contributed by atoms with E-state index in [4.69, 9.17) is 4.74 Å². The maximum atomic E-state index is 12.2. The van der Waals surface area contributed by atoms with E-state index < -0.39 is 0 Å². The van der Waals surface area contributed by atoms with Gasteiger partial charge in [0, 0.05) is 19.6 Å². The number of carbonyl (C=O) groups excluding carboxylic acids is 1. The van der Waals surface area contributed by atoms with Crippen LogP contribution in [0.5, 0.6) is 5.75 Å². The van der Waals surface area contributed by atoms with E-state index in [1.165, 1.54) is 22.3 Å². The van der Waals surface area contributed by atoms with Crippen LogP contribution in [0.3, 0.4) is 0 Å². The Hall–Kier alpha value is -2.33. The van der Waals surface area contributed by atoms with E-state index in [-0.39, 0.29) is 12.0 Å². The van der Waals surface area contributed by atoms with Gasteiger partial charge >= 0.3 is 0 Å². The van der Waals surface area contributed by atoms with E-state index in [2.05, 4.69) is 61.3 Å². The number of ether oxygens (including phenoxy) is 1. The van der Waals surface area contributed by atoms with E-state index in [1.54, 1.807) is 0 Å². The van der Waals surface area contributed by atoms with Crippen molar-refractivity contribution in [2.24, 2.45) is 0 Å². The zero-order valence-corrected chi connectivity index (χ0v) is 17.3. The van der Waals surface area contributed by atoms with Crippen LogP contribution in [0.2, 0.25) is 0 Å². The van der Waals surface area contributed by atoms with Gasteiger partial charge in [-0.05, 0) is 74.4 Å². The van der Waals surface area contributed by atoms with Gasteiger partial charge in [0.15, 0.2) is 0 Å². The zero-order valence-electron chi connectivity index (χ0n) is 17.3. The lowest BCUT2D eigenvalue weighted by atomic mass is 10.1. The van der Waals surface area contributed by atoms with Gasteiger partial charge in [-0.3, -0.25) is 9.69 Å². The van der Waals surface area contributed by atoms with Crippen LogP contribution in [-0.2, 0) is 11.2 Å². The third kappa shape index (κ3) is 5.83. The smallest absolute Gasteiger partial charge is 0.234 e. The highest BCUT2D eigenvalue weighted by molar-refractivity contribution is 5.78. The first-order chi connectivity index (χ1) is 13.5. The molecule has 28 heavy (non-hydrogen) atoms. The molecule has 1 aliphatic rings.